The lowest BCUT2D eigenvalue weighted by Gasteiger charge is -2.15. The molecule has 0 bridgehead atoms. The Balaban J connectivity index is 1.46. The van der Waals surface area contributed by atoms with Crippen LogP contribution in [-0.2, 0) is 4.79 Å². The smallest absolute Gasteiger partial charge is 0.258 e. The number of aryl methyl sites for hydroxylation is 1. The molecule has 0 aliphatic heterocycles. The minimum Gasteiger partial charge on any atom is -0.483 e. The lowest BCUT2D eigenvalue weighted by Crippen LogP contribution is -2.31. The van der Waals surface area contributed by atoms with Crippen molar-refractivity contribution >= 4 is 48.9 Å². The van der Waals surface area contributed by atoms with E-state index in [1.54, 1.807) is 34.8 Å². The van der Waals surface area contributed by atoms with Crippen molar-refractivity contribution in [3.8, 4) is 11.8 Å². The number of thiazole rings is 1. The first-order valence-corrected chi connectivity index (χ1v) is 10.4. The Kier molecular flexibility index (Phi) is 4.99. The minimum atomic E-state index is -0.194. The summed E-state index contributed by atoms with van der Waals surface area (Å²) in [4.78, 5) is 17.0. The van der Waals surface area contributed by atoms with E-state index < -0.39 is 0 Å². The Hall–Kier alpha value is -2.95. The number of ether oxygens (including phenoxy) is 1. The summed E-state index contributed by atoms with van der Waals surface area (Å²) in [5, 5.41) is 15.8. The van der Waals surface area contributed by atoms with Gasteiger partial charge in [-0.05, 0) is 43.0 Å². The first-order chi connectivity index (χ1) is 13.5. The van der Waals surface area contributed by atoms with Gasteiger partial charge in [0, 0.05) is 11.5 Å². The largest absolute Gasteiger partial charge is 0.483 e. The van der Waals surface area contributed by atoms with Gasteiger partial charge in [-0.2, -0.15) is 5.26 Å². The van der Waals surface area contributed by atoms with Gasteiger partial charge in [-0.3, -0.25) is 4.79 Å². The summed E-state index contributed by atoms with van der Waals surface area (Å²) in [5.74, 6) is 0.509. The van der Waals surface area contributed by atoms with Crippen LogP contribution in [0, 0.1) is 18.3 Å². The van der Waals surface area contributed by atoms with Crippen molar-refractivity contribution < 1.29 is 9.53 Å². The van der Waals surface area contributed by atoms with E-state index in [0.29, 0.717) is 11.3 Å². The molecule has 140 valence electrons. The van der Waals surface area contributed by atoms with Gasteiger partial charge in [-0.15, -0.1) is 22.7 Å². The van der Waals surface area contributed by atoms with Gasteiger partial charge in [-0.25, -0.2) is 4.98 Å². The highest BCUT2D eigenvalue weighted by Gasteiger charge is 2.15. The van der Waals surface area contributed by atoms with Crippen molar-refractivity contribution in [1.82, 2.24) is 10.3 Å². The molecule has 2 aromatic heterocycles. The van der Waals surface area contributed by atoms with E-state index in [1.807, 2.05) is 43.5 Å². The Morgan fingerprint density at radius 1 is 1.32 bits per heavy atom. The number of hydrogen-bond acceptors (Lipinski definition) is 6. The van der Waals surface area contributed by atoms with Crippen LogP contribution in [0.4, 0.5) is 0 Å². The molecule has 4 rings (SSSR count). The molecule has 1 atom stereocenters. The zero-order valence-corrected chi connectivity index (χ0v) is 17.0. The third-order valence-corrected chi connectivity index (χ3v) is 6.28. The number of fused-ring (bicyclic) bond motifs is 3. The number of benzene rings is 2. The minimum absolute atomic E-state index is 0.0607. The molecule has 0 saturated heterocycles. The number of carbonyl (C=O) groups excluding carboxylic acids is 1. The average Bonchev–Trinajstić information content (AvgIpc) is 3.32. The second-order valence-corrected chi connectivity index (χ2v) is 8.58. The summed E-state index contributed by atoms with van der Waals surface area (Å²) in [6, 6.07) is 13.1. The van der Waals surface area contributed by atoms with Crippen LogP contribution in [0.15, 0.2) is 41.8 Å². The van der Waals surface area contributed by atoms with Crippen LogP contribution in [0.2, 0.25) is 0 Å². The first-order valence-electron chi connectivity index (χ1n) is 8.74. The predicted octanol–water partition coefficient (Wildman–Crippen LogP) is 4.95. The van der Waals surface area contributed by atoms with Gasteiger partial charge in [0.2, 0.25) is 0 Å². The van der Waals surface area contributed by atoms with Gasteiger partial charge in [0.1, 0.15) is 5.75 Å². The van der Waals surface area contributed by atoms with Gasteiger partial charge in [0.05, 0.1) is 37.6 Å². The number of carbonyl (C=O) groups is 1. The van der Waals surface area contributed by atoms with Crippen LogP contribution in [0.25, 0.3) is 20.3 Å². The normalized spacial score (nSPS) is 12.0. The third-order valence-electron chi connectivity index (χ3n) is 4.44. The van der Waals surface area contributed by atoms with Gasteiger partial charge >= 0.3 is 0 Å². The quantitative estimate of drug-likeness (QED) is 0.508. The number of amides is 1. The molecule has 1 N–H and O–H groups in total. The fraction of sp³-hybridized carbons (Fsp3) is 0.190. The molecule has 4 aromatic rings. The molecule has 0 fully saturated rings. The second kappa shape index (κ2) is 7.58. The van der Waals surface area contributed by atoms with Crippen molar-refractivity contribution in [3.63, 3.8) is 0 Å². The number of aromatic nitrogens is 1. The molecule has 5 nitrogen and oxygen atoms in total. The number of nitrogens with zero attached hydrogens (tertiary/aromatic N) is 2. The second-order valence-electron chi connectivity index (χ2n) is 6.43. The van der Waals surface area contributed by atoms with Crippen LogP contribution in [-0.4, -0.2) is 17.5 Å². The van der Waals surface area contributed by atoms with Crippen LogP contribution in [0.5, 0.6) is 5.75 Å². The van der Waals surface area contributed by atoms with Crippen molar-refractivity contribution in [2.75, 3.05) is 6.61 Å². The molecule has 1 unspecified atom stereocenters. The molecule has 2 aromatic carbocycles. The number of rotatable bonds is 5. The molecular weight excluding hydrogens is 390 g/mol. The number of nitriles is 1. The van der Waals surface area contributed by atoms with Crippen LogP contribution in [0.3, 0.4) is 0 Å². The fourth-order valence-electron chi connectivity index (χ4n) is 3.06. The Morgan fingerprint density at radius 2 is 2.11 bits per heavy atom. The van der Waals surface area contributed by atoms with E-state index in [1.165, 1.54) is 0 Å². The Labute approximate surface area is 170 Å². The lowest BCUT2D eigenvalue weighted by atomic mass is 10.1. The summed E-state index contributed by atoms with van der Waals surface area (Å²) >= 11 is 3.25. The van der Waals surface area contributed by atoms with Gasteiger partial charge in [0.15, 0.2) is 6.61 Å². The van der Waals surface area contributed by atoms with E-state index in [0.717, 1.165) is 30.9 Å². The van der Waals surface area contributed by atoms with Crippen molar-refractivity contribution in [2.24, 2.45) is 0 Å². The zero-order valence-electron chi connectivity index (χ0n) is 15.4. The highest BCUT2D eigenvalue weighted by molar-refractivity contribution is 7.21. The molecule has 0 spiro atoms. The standard InChI is InChI=1S/C21H17N3O2S2/c1-12(15-5-3-14(10-22)4-6-15)23-19(25)11-26-17-9-18-20(24-13(2)28-18)21-16(17)7-8-27-21/h3-9,12H,11H2,1-2H3,(H,23,25). The van der Waals surface area contributed by atoms with Crippen LogP contribution >= 0.6 is 22.7 Å². The van der Waals surface area contributed by atoms with Gasteiger partial charge in [0.25, 0.3) is 5.91 Å². The Morgan fingerprint density at radius 3 is 2.86 bits per heavy atom. The van der Waals surface area contributed by atoms with Crippen LogP contribution in [0.1, 0.15) is 29.1 Å². The van der Waals surface area contributed by atoms with Crippen molar-refractivity contribution in [3.05, 3.63) is 57.9 Å². The SMILES string of the molecule is Cc1nc2c(cc(OCC(=O)NC(C)c3ccc(C#N)cc3)c3ccsc32)s1. The zero-order chi connectivity index (χ0) is 19.7. The third kappa shape index (κ3) is 3.57. The van der Waals surface area contributed by atoms with Crippen molar-refractivity contribution in [2.45, 2.75) is 19.9 Å². The maximum absolute atomic E-state index is 12.4. The average molecular weight is 408 g/mol. The van der Waals surface area contributed by atoms with Crippen molar-refractivity contribution in [1.29, 1.82) is 5.26 Å². The molecule has 0 aliphatic carbocycles. The van der Waals surface area contributed by atoms with Gasteiger partial charge in [-0.1, -0.05) is 12.1 Å². The molecule has 2 heterocycles. The number of thiophene rings is 1. The summed E-state index contributed by atoms with van der Waals surface area (Å²) in [7, 11) is 0. The Bertz CT molecular complexity index is 1200. The van der Waals surface area contributed by atoms with Crippen LogP contribution < -0.4 is 10.1 Å². The highest BCUT2D eigenvalue weighted by Crippen LogP contribution is 2.38. The van der Waals surface area contributed by atoms with E-state index in [9.17, 15) is 4.79 Å². The molecule has 28 heavy (non-hydrogen) atoms. The highest BCUT2D eigenvalue weighted by atomic mass is 32.1. The summed E-state index contributed by atoms with van der Waals surface area (Å²) in [6.07, 6.45) is 0. The number of nitrogens with one attached hydrogen (secondary N) is 1. The van der Waals surface area contributed by atoms with E-state index >= 15 is 0 Å². The van der Waals surface area contributed by atoms with E-state index in [-0.39, 0.29) is 18.6 Å². The number of hydrogen-bond donors (Lipinski definition) is 1. The predicted molar refractivity (Wildman–Crippen MR) is 113 cm³/mol. The molecule has 1 amide bonds. The summed E-state index contributed by atoms with van der Waals surface area (Å²) < 4.78 is 8.01. The molecule has 7 heteroatoms. The monoisotopic (exact) mass is 407 g/mol. The maximum atomic E-state index is 12.4. The molecule has 0 radical (unpaired) electrons. The lowest BCUT2D eigenvalue weighted by molar-refractivity contribution is -0.123. The van der Waals surface area contributed by atoms with E-state index in [4.69, 9.17) is 10.00 Å². The topological polar surface area (TPSA) is 75.0 Å². The van der Waals surface area contributed by atoms with Gasteiger partial charge < -0.3 is 10.1 Å². The molecular formula is C21H17N3O2S2. The molecule has 0 saturated carbocycles. The summed E-state index contributed by atoms with van der Waals surface area (Å²) in [5.41, 5.74) is 2.53. The van der Waals surface area contributed by atoms with E-state index in [2.05, 4.69) is 16.4 Å². The summed E-state index contributed by atoms with van der Waals surface area (Å²) in [6.45, 7) is 3.83. The fourth-order valence-corrected chi connectivity index (χ4v) is 4.90. The molecule has 0 aliphatic rings. The first kappa shape index (κ1) is 18.4. The maximum Gasteiger partial charge on any atom is 0.258 e.